The highest BCUT2D eigenvalue weighted by Crippen LogP contribution is 2.71. The van der Waals surface area contributed by atoms with E-state index in [4.69, 9.17) is 0 Å². The van der Waals surface area contributed by atoms with Gasteiger partial charge in [-0.25, -0.2) is 0 Å². The first-order valence-corrected chi connectivity index (χ1v) is 7.05. The molecule has 4 bridgehead atoms. The molecule has 0 aromatic carbocycles. The Bertz CT molecular complexity index is 321. The third-order valence-electron chi connectivity index (χ3n) is 7.05. The summed E-state index contributed by atoms with van der Waals surface area (Å²) < 4.78 is 0. The van der Waals surface area contributed by atoms with Crippen LogP contribution >= 0.6 is 0 Å². The number of hydrogen-bond donors (Lipinski definition) is 1. The fourth-order valence-electron chi connectivity index (χ4n) is 5.69. The largest absolute Gasteiger partial charge is 0.389 e. The molecule has 1 heteroatoms. The third-order valence-corrected chi connectivity index (χ3v) is 7.05. The van der Waals surface area contributed by atoms with Crippen molar-refractivity contribution < 1.29 is 5.11 Å². The predicted octanol–water partition coefficient (Wildman–Crippen LogP) is 3.61. The summed E-state index contributed by atoms with van der Waals surface area (Å²) in [5, 5.41) is 11.3. The molecule has 0 unspecified atom stereocenters. The van der Waals surface area contributed by atoms with Gasteiger partial charge in [-0.3, -0.25) is 0 Å². The molecule has 4 saturated carbocycles. The normalized spacial score (nSPS) is 58.7. The van der Waals surface area contributed by atoms with Gasteiger partial charge in [-0.1, -0.05) is 27.7 Å². The molecule has 5 atom stereocenters. The van der Waals surface area contributed by atoms with Gasteiger partial charge < -0.3 is 5.11 Å². The van der Waals surface area contributed by atoms with Crippen LogP contribution < -0.4 is 0 Å². The molecule has 0 amide bonds. The van der Waals surface area contributed by atoms with Crippen LogP contribution in [0.25, 0.3) is 0 Å². The van der Waals surface area contributed by atoms with Crippen molar-refractivity contribution in [3.05, 3.63) is 0 Å². The first-order chi connectivity index (χ1) is 7.33. The van der Waals surface area contributed by atoms with Gasteiger partial charge in [0.15, 0.2) is 0 Å². The molecule has 4 aliphatic rings. The molecule has 4 fully saturated rings. The van der Waals surface area contributed by atoms with E-state index in [1.54, 1.807) is 0 Å². The van der Waals surface area contributed by atoms with E-state index in [0.717, 1.165) is 24.2 Å². The quantitative estimate of drug-likeness (QED) is 0.664. The van der Waals surface area contributed by atoms with E-state index >= 15 is 0 Å². The molecule has 0 heterocycles. The second-order valence-corrected chi connectivity index (χ2v) is 7.59. The molecule has 16 heavy (non-hydrogen) atoms. The zero-order valence-corrected chi connectivity index (χ0v) is 11.2. The van der Waals surface area contributed by atoms with Crippen LogP contribution in [0.2, 0.25) is 0 Å². The molecule has 1 nitrogen and oxygen atoms in total. The van der Waals surface area contributed by atoms with Crippen molar-refractivity contribution in [3.8, 4) is 0 Å². The lowest BCUT2D eigenvalue weighted by Crippen LogP contribution is -2.71. The van der Waals surface area contributed by atoms with Crippen LogP contribution in [0.1, 0.15) is 59.8 Å². The maximum absolute atomic E-state index is 11.3. The van der Waals surface area contributed by atoms with E-state index in [0.29, 0.717) is 0 Å². The highest BCUT2D eigenvalue weighted by atomic mass is 16.3. The predicted molar refractivity (Wildman–Crippen MR) is 66.1 cm³/mol. The molecule has 0 saturated heterocycles. The second-order valence-electron chi connectivity index (χ2n) is 7.59. The Kier molecular flexibility index (Phi) is 1.98. The van der Waals surface area contributed by atoms with E-state index in [2.05, 4.69) is 27.7 Å². The lowest BCUT2D eigenvalue weighted by atomic mass is 9.35. The minimum Gasteiger partial charge on any atom is -0.389 e. The molecule has 92 valence electrons. The van der Waals surface area contributed by atoms with Crippen molar-refractivity contribution in [2.45, 2.75) is 65.4 Å². The SMILES string of the molecule is C[C@@H]1CC[C@@]2(O)C(C)(C)[C@@H]3CC[C@]2(C)[C@@H]1C3. The summed E-state index contributed by atoms with van der Waals surface area (Å²) in [6.07, 6.45) is 6.23. The lowest BCUT2D eigenvalue weighted by molar-refractivity contribution is -0.291. The van der Waals surface area contributed by atoms with Crippen LogP contribution in [-0.2, 0) is 0 Å². The van der Waals surface area contributed by atoms with E-state index < -0.39 is 5.60 Å². The van der Waals surface area contributed by atoms with Crippen LogP contribution in [-0.4, -0.2) is 10.7 Å². The van der Waals surface area contributed by atoms with E-state index in [9.17, 15) is 5.11 Å². The Balaban J connectivity index is 2.13. The number of hydrogen-bond acceptors (Lipinski definition) is 1. The summed E-state index contributed by atoms with van der Waals surface area (Å²) in [4.78, 5) is 0. The van der Waals surface area contributed by atoms with E-state index in [1.165, 1.54) is 25.7 Å². The van der Waals surface area contributed by atoms with Gasteiger partial charge in [-0.05, 0) is 60.7 Å². The fourth-order valence-corrected chi connectivity index (χ4v) is 5.69. The van der Waals surface area contributed by atoms with E-state index in [-0.39, 0.29) is 10.8 Å². The van der Waals surface area contributed by atoms with Crippen molar-refractivity contribution in [3.63, 3.8) is 0 Å². The maximum atomic E-state index is 11.3. The van der Waals surface area contributed by atoms with Crippen LogP contribution in [0.5, 0.6) is 0 Å². The fraction of sp³-hybridized carbons (Fsp3) is 1.00. The summed E-state index contributed by atoms with van der Waals surface area (Å²) in [5.41, 5.74) is -0.0576. The molecule has 0 spiro atoms. The molecule has 0 radical (unpaired) electrons. The summed E-state index contributed by atoms with van der Waals surface area (Å²) in [7, 11) is 0. The second kappa shape index (κ2) is 2.85. The van der Waals surface area contributed by atoms with Gasteiger partial charge in [0, 0.05) is 0 Å². The van der Waals surface area contributed by atoms with Gasteiger partial charge >= 0.3 is 0 Å². The van der Waals surface area contributed by atoms with E-state index in [1.807, 2.05) is 0 Å². The van der Waals surface area contributed by atoms with Gasteiger partial charge in [-0.2, -0.15) is 0 Å². The maximum Gasteiger partial charge on any atom is 0.0757 e. The molecular formula is C15H26O. The average molecular weight is 222 g/mol. The highest BCUT2D eigenvalue weighted by Gasteiger charge is 2.69. The molecular weight excluding hydrogens is 196 g/mol. The Morgan fingerprint density at radius 1 is 1.06 bits per heavy atom. The van der Waals surface area contributed by atoms with Crippen LogP contribution in [0, 0.1) is 28.6 Å². The summed E-state index contributed by atoms with van der Waals surface area (Å²) >= 11 is 0. The minimum absolute atomic E-state index is 0.136. The van der Waals surface area contributed by atoms with Crippen LogP contribution in [0.4, 0.5) is 0 Å². The van der Waals surface area contributed by atoms with Crippen molar-refractivity contribution in [2.75, 3.05) is 0 Å². The molecule has 0 aliphatic heterocycles. The average Bonchev–Trinajstić information content (AvgIpc) is 2.22. The molecule has 0 aromatic rings. The van der Waals surface area contributed by atoms with Crippen molar-refractivity contribution >= 4 is 0 Å². The van der Waals surface area contributed by atoms with Crippen molar-refractivity contribution in [1.82, 2.24) is 0 Å². The van der Waals surface area contributed by atoms with Crippen LogP contribution in [0.3, 0.4) is 0 Å². The molecule has 0 aromatic heterocycles. The summed E-state index contributed by atoms with van der Waals surface area (Å²) in [5.74, 6) is 2.36. The van der Waals surface area contributed by atoms with Crippen molar-refractivity contribution in [2.24, 2.45) is 28.6 Å². The number of aliphatic hydroxyl groups is 1. The van der Waals surface area contributed by atoms with Gasteiger partial charge in [-0.15, -0.1) is 0 Å². The van der Waals surface area contributed by atoms with Gasteiger partial charge in [0.25, 0.3) is 0 Å². The zero-order valence-electron chi connectivity index (χ0n) is 11.2. The highest BCUT2D eigenvalue weighted by molar-refractivity contribution is 5.19. The first kappa shape index (κ1) is 11.1. The van der Waals surface area contributed by atoms with Gasteiger partial charge in [0.1, 0.15) is 0 Å². The van der Waals surface area contributed by atoms with Gasteiger partial charge in [0.2, 0.25) is 0 Å². The van der Waals surface area contributed by atoms with Crippen LogP contribution in [0.15, 0.2) is 0 Å². The third kappa shape index (κ3) is 0.939. The summed E-state index contributed by atoms with van der Waals surface area (Å²) in [6, 6.07) is 0. The smallest absolute Gasteiger partial charge is 0.0757 e. The topological polar surface area (TPSA) is 20.2 Å². The summed E-state index contributed by atoms with van der Waals surface area (Å²) in [6.45, 7) is 9.43. The monoisotopic (exact) mass is 222 g/mol. The molecule has 1 N–H and O–H groups in total. The number of fused-ring (bicyclic) bond motifs is 1. The Morgan fingerprint density at radius 2 is 1.75 bits per heavy atom. The standard InChI is InChI=1S/C15H26O/c1-10-5-8-15(16)13(2,3)11-6-7-14(15,4)12(10)9-11/h10-12,16H,5-9H2,1-4H3/t10-,11-,12-,14-,15-/m1/s1. The molecule has 4 aliphatic carbocycles. The Hall–Kier alpha value is -0.0400. The van der Waals surface area contributed by atoms with Crippen molar-refractivity contribution in [1.29, 1.82) is 0 Å². The Morgan fingerprint density at radius 3 is 2.44 bits per heavy atom. The first-order valence-electron chi connectivity index (χ1n) is 7.05. The number of rotatable bonds is 0. The Labute approximate surface area is 99.6 Å². The molecule has 4 rings (SSSR count). The lowest BCUT2D eigenvalue weighted by Gasteiger charge is -2.71. The minimum atomic E-state index is -0.391. The zero-order chi connectivity index (χ0) is 11.8. The van der Waals surface area contributed by atoms with Gasteiger partial charge in [0.05, 0.1) is 5.60 Å².